The number of piperazine rings is 1. The number of hydrogen-bond acceptors (Lipinski definition) is 12. The van der Waals surface area contributed by atoms with Crippen LogP contribution >= 0.6 is 18.5 Å². The quantitative estimate of drug-likeness (QED) is 0.192. The predicted octanol–water partition coefficient (Wildman–Crippen LogP) is 5.90. The minimum absolute atomic E-state index is 0.440. The molecular formula is C34H42N9O2PS. The molecule has 13 heteroatoms. The van der Waals surface area contributed by atoms with Crippen molar-refractivity contribution in [1.29, 1.82) is 0 Å². The van der Waals surface area contributed by atoms with Crippen LogP contribution in [0.4, 0.5) is 28.8 Å². The van der Waals surface area contributed by atoms with Gasteiger partial charge in [-0.05, 0) is 75.4 Å². The van der Waals surface area contributed by atoms with Crippen LogP contribution in [0.15, 0.2) is 48.1 Å². The summed E-state index contributed by atoms with van der Waals surface area (Å²) in [6.45, 7) is 12.4. The average Bonchev–Trinajstić information content (AvgIpc) is 3.54. The minimum Gasteiger partial charge on any atom is -0.494 e. The van der Waals surface area contributed by atoms with Crippen molar-refractivity contribution >= 4 is 73.9 Å². The third-order valence-electron chi connectivity index (χ3n) is 9.33. The Labute approximate surface area is 279 Å². The summed E-state index contributed by atoms with van der Waals surface area (Å²) in [6.07, 6.45) is 5.62. The van der Waals surface area contributed by atoms with Crippen LogP contribution in [0.2, 0.25) is 0 Å². The van der Waals surface area contributed by atoms with E-state index in [0.29, 0.717) is 39.8 Å². The van der Waals surface area contributed by atoms with Gasteiger partial charge in [-0.2, -0.15) is 4.98 Å². The molecule has 7 rings (SSSR count). The molecule has 0 amide bonds. The molecule has 2 fully saturated rings. The van der Waals surface area contributed by atoms with Gasteiger partial charge >= 0.3 is 0 Å². The molecule has 0 atom stereocenters. The van der Waals surface area contributed by atoms with Crippen LogP contribution in [0.3, 0.4) is 0 Å². The normalized spacial score (nSPS) is 17.0. The Morgan fingerprint density at radius 1 is 0.915 bits per heavy atom. The number of benzene rings is 2. The van der Waals surface area contributed by atoms with Crippen molar-refractivity contribution in [3.63, 3.8) is 0 Å². The largest absolute Gasteiger partial charge is 0.494 e. The van der Waals surface area contributed by atoms with Gasteiger partial charge in [-0.15, -0.1) is 11.3 Å². The lowest BCUT2D eigenvalue weighted by Gasteiger charge is -2.43. The summed E-state index contributed by atoms with van der Waals surface area (Å²) in [5.41, 5.74) is 6.01. The van der Waals surface area contributed by atoms with E-state index in [1.165, 1.54) is 37.2 Å². The van der Waals surface area contributed by atoms with Gasteiger partial charge in [0.2, 0.25) is 5.95 Å². The number of nitrogens with zero attached hydrogens (tertiary/aromatic N) is 7. The van der Waals surface area contributed by atoms with Crippen molar-refractivity contribution in [2.75, 3.05) is 82.3 Å². The number of fused-ring (bicyclic) bond motifs is 2. The highest BCUT2D eigenvalue weighted by Gasteiger charge is 2.28. The molecule has 0 bridgehead atoms. The number of aryl methyl sites for hydroxylation is 1. The molecule has 2 aromatic carbocycles. The third kappa shape index (κ3) is 6.52. The van der Waals surface area contributed by atoms with Crippen molar-refractivity contribution in [2.24, 2.45) is 0 Å². The maximum Gasteiger partial charge on any atom is 0.229 e. The Morgan fingerprint density at radius 3 is 2.43 bits per heavy atom. The highest BCUT2D eigenvalue weighted by atomic mass is 32.1. The smallest absolute Gasteiger partial charge is 0.229 e. The Morgan fingerprint density at radius 2 is 1.68 bits per heavy atom. The van der Waals surface area contributed by atoms with E-state index in [1.54, 1.807) is 44.2 Å². The van der Waals surface area contributed by atoms with Gasteiger partial charge in [0.1, 0.15) is 18.4 Å². The van der Waals surface area contributed by atoms with Gasteiger partial charge in [-0.1, -0.05) is 0 Å². The van der Waals surface area contributed by atoms with Crippen LogP contribution in [-0.2, 0) is 4.57 Å². The Hall–Kier alpha value is -3.83. The maximum absolute atomic E-state index is 13.5. The van der Waals surface area contributed by atoms with Crippen molar-refractivity contribution in [3.05, 3.63) is 53.7 Å². The number of nitrogens with one attached hydrogen (secondary N) is 2. The molecule has 5 aromatic rings. The van der Waals surface area contributed by atoms with Crippen LogP contribution < -0.4 is 25.6 Å². The number of likely N-dealkylation sites (N-methyl/N-ethyl adjacent to an activating group) is 1. The van der Waals surface area contributed by atoms with Gasteiger partial charge in [0.05, 0.1) is 39.5 Å². The first kappa shape index (κ1) is 31.8. The van der Waals surface area contributed by atoms with Crippen molar-refractivity contribution in [2.45, 2.75) is 25.8 Å². The van der Waals surface area contributed by atoms with E-state index in [-0.39, 0.29) is 0 Å². The summed E-state index contributed by atoms with van der Waals surface area (Å²) >= 11 is 1.55. The third-order valence-corrected chi connectivity index (χ3v) is 11.8. The molecule has 2 aliphatic heterocycles. The monoisotopic (exact) mass is 671 g/mol. The van der Waals surface area contributed by atoms with E-state index in [0.717, 1.165) is 47.8 Å². The van der Waals surface area contributed by atoms with Crippen LogP contribution in [0.1, 0.15) is 18.4 Å². The van der Waals surface area contributed by atoms with E-state index in [1.807, 2.05) is 23.6 Å². The Bertz CT molecular complexity index is 1960. The lowest BCUT2D eigenvalue weighted by atomic mass is 10.0. The molecular weight excluding hydrogens is 629 g/mol. The predicted molar refractivity (Wildman–Crippen MR) is 195 cm³/mol. The fourth-order valence-corrected chi connectivity index (χ4v) is 9.03. The summed E-state index contributed by atoms with van der Waals surface area (Å²) in [4.78, 5) is 26.3. The zero-order valence-electron chi connectivity index (χ0n) is 27.7. The number of piperidine rings is 1. The fourth-order valence-electron chi connectivity index (χ4n) is 6.86. The summed E-state index contributed by atoms with van der Waals surface area (Å²) in [6, 6.07) is 10.7. The zero-order valence-corrected chi connectivity index (χ0v) is 29.4. The van der Waals surface area contributed by atoms with Gasteiger partial charge < -0.3 is 29.7 Å². The molecule has 5 heterocycles. The SMILES string of the molecule is COc1cc(N2CCC(N3CCN(C)CC3)CC2)c(C)cc1Nc1nc(Nc2ccc3nccnc3c2P(C)(C)=O)c2sccc2n1. The Balaban J connectivity index is 1.15. The van der Waals surface area contributed by atoms with Crippen molar-refractivity contribution < 1.29 is 9.30 Å². The van der Waals surface area contributed by atoms with Crippen molar-refractivity contribution in [1.82, 2.24) is 29.7 Å². The standard InChI is InChI=1S/C34H42N9O2PS/c1-22-20-27(29(45-3)21-28(22)43-13-8-23(9-14-43)42-17-15-41(2)16-18-42)39-34-38-26-10-19-47-32(26)33(40-34)37-25-7-6-24-30(36-12-11-35-24)31(25)46(4,5)44/h6-7,10-12,19-21,23H,8-9,13-18H2,1-5H3,(H2,37,38,39,40). The first-order chi connectivity index (χ1) is 22.7. The van der Waals surface area contributed by atoms with Crippen molar-refractivity contribution in [3.8, 4) is 5.75 Å². The average molecular weight is 672 g/mol. The summed E-state index contributed by atoms with van der Waals surface area (Å²) in [5.74, 6) is 1.81. The van der Waals surface area contributed by atoms with Crippen LogP contribution in [0.5, 0.6) is 5.75 Å². The number of methoxy groups -OCH3 is 1. The molecule has 0 saturated carbocycles. The first-order valence-electron chi connectivity index (χ1n) is 16.1. The molecule has 47 heavy (non-hydrogen) atoms. The van der Waals surface area contributed by atoms with Gasteiger partial charge in [0.25, 0.3) is 0 Å². The lowest BCUT2D eigenvalue weighted by Crippen LogP contribution is -2.52. The second kappa shape index (κ2) is 13.0. The van der Waals surface area contributed by atoms with E-state index >= 15 is 0 Å². The summed E-state index contributed by atoms with van der Waals surface area (Å²) < 4.78 is 20.3. The van der Waals surface area contributed by atoms with Crippen LogP contribution in [0.25, 0.3) is 21.3 Å². The summed E-state index contributed by atoms with van der Waals surface area (Å²) in [7, 11) is 1.17. The van der Waals surface area contributed by atoms with E-state index < -0.39 is 7.14 Å². The van der Waals surface area contributed by atoms with Gasteiger partial charge in [0, 0.05) is 69.5 Å². The number of thiophene rings is 1. The highest BCUT2D eigenvalue weighted by Crippen LogP contribution is 2.42. The van der Waals surface area contributed by atoms with Crippen LogP contribution in [0, 0.1) is 6.92 Å². The van der Waals surface area contributed by atoms with Gasteiger partial charge in [-0.25, -0.2) is 4.98 Å². The van der Waals surface area contributed by atoms with Gasteiger partial charge in [-0.3, -0.25) is 14.9 Å². The number of aromatic nitrogens is 4. The second-order valence-corrected chi connectivity index (χ2v) is 17.0. The molecule has 2 N–H and O–H groups in total. The molecule has 2 aliphatic rings. The molecule has 2 saturated heterocycles. The molecule has 3 aromatic heterocycles. The number of rotatable bonds is 8. The minimum atomic E-state index is -2.74. The number of ether oxygens (including phenoxy) is 1. The summed E-state index contributed by atoms with van der Waals surface area (Å²) in [5, 5.41) is 9.58. The zero-order chi connectivity index (χ0) is 32.7. The maximum atomic E-state index is 13.5. The topological polar surface area (TPSA) is 112 Å². The highest BCUT2D eigenvalue weighted by molar-refractivity contribution is 7.71. The lowest BCUT2D eigenvalue weighted by molar-refractivity contribution is 0.0982. The molecule has 11 nitrogen and oxygen atoms in total. The first-order valence-corrected chi connectivity index (χ1v) is 19.6. The molecule has 0 unspecified atom stereocenters. The Kier molecular flexibility index (Phi) is 8.78. The number of anilines is 5. The second-order valence-electron chi connectivity index (χ2n) is 12.9. The van der Waals surface area contributed by atoms with Gasteiger partial charge in [0.15, 0.2) is 5.82 Å². The molecule has 246 valence electrons. The molecule has 0 aliphatic carbocycles. The molecule has 0 spiro atoms. The van der Waals surface area contributed by atoms with Crippen LogP contribution in [-0.4, -0.2) is 103 Å². The molecule has 0 radical (unpaired) electrons. The van der Waals surface area contributed by atoms with E-state index in [9.17, 15) is 4.57 Å². The van der Waals surface area contributed by atoms with E-state index in [2.05, 4.69) is 61.4 Å². The fraction of sp³-hybridized carbons (Fsp3) is 0.412. The van der Waals surface area contributed by atoms with E-state index in [4.69, 9.17) is 14.7 Å². The number of hydrogen-bond donors (Lipinski definition) is 2.